The highest BCUT2D eigenvalue weighted by Gasteiger charge is 2.24. The molecule has 10 heteroatoms. The minimum Gasteiger partial charge on any atom is -0.376 e. The summed E-state index contributed by atoms with van der Waals surface area (Å²) in [6.07, 6.45) is -1.23. The lowest BCUT2D eigenvalue weighted by molar-refractivity contribution is 0.0952. The number of aromatic nitrogens is 2. The van der Waals surface area contributed by atoms with Crippen molar-refractivity contribution in [1.82, 2.24) is 14.5 Å². The zero-order valence-corrected chi connectivity index (χ0v) is 16.0. The van der Waals surface area contributed by atoms with Crippen molar-refractivity contribution in [3.63, 3.8) is 0 Å². The first-order valence-electron chi connectivity index (χ1n) is 9.00. The van der Waals surface area contributed by atoms with Crippen LogP contribution in [0.3, 0.4) is 0 Å². The lowest BCUT2D eigenvalue weighted by atomic mass is 10.2. The molecule has 1 atom stereocenters. The minimum atomic E-state index is -2.78. The molecule has 0 radical (unpaired) electrons. The molecule has 0 saturated carbocycles. The molecule has 0 aromatic carbocycles. The van der Waals surface area contributed by atoms with E-state index >= 15 is 0 Å². The van der Waals surface area contributed by atoms with Gasteiger partial charge in [0.1, 0.15) is 4.83 Å². The number of thiophene rings is 1. The average molecular weight is 402 g/mol. The third-order valence-electron chi connectivity index (χ3n) is 4.73. The second-order valence-electron chi connectivity index (χ2n) is 6.63. The Hall–Kier alpha value is -1.62. The van der Waals surface area contributed by atoms with Crippen LogP contribution in [-0.2, 0) is 24.4 Å². The van der Waals surface area contributed by atoms with Crippen LogP contribution in [-0.4, -0.2) is 41.4 Å². The number of nitrogens with two attached hydrogens (primary N) is 1. The summed E-state index contributed by atoms with van der Waals surface area (Å²) >= 11 is 1.34. The highest BCUT2D eigenvalue weighted by atomic mass is 32.1. The van der Waals surface area contributed by atoms with Gasteiger partial charge in [-0.05, 0) is 25.3 Å². The van der Waals surface area contributed by atoms with Crippen molar-refractivity contribution in [3.05, 3.63) is 31.3 Å². The highest BCUT2D eigenvalue weighted by Crippen LogP contribution is 2.28. The summed E-state index contributed by atoms with van der Waals surface area (Å²) in [5.41, 5.74) is 4.85. The summed E-state index contributed by atoms with van der Waals surface area (Å²) in [6.45, 7) is 3.36. The molecule has 0 spiro atoms. The maximum atomic E-state index is 13.0. The van der Waals surface area contributed by atoms with Crippen LogP contribution < -0.4 is 22.3 Å². The van der Waals surface area contributed by atoms with Crippen LogP contribution in [0.5, 0.6) is 0 Å². The van der Waals surface area contributed by atoms with Crippen molar-refractivity contribution in [1.29, 1.82) is 0 Å². The molecule has 0 amide bonds. The van der Waals surface area contributed by atoms with E-state index in [4.69, 9.17) is 10.5 Å². The van der Waals surface area contributed by atoms with Crippen LogP contribution in [0.1, 0.15) is 23.3 Å². The van der Waals surface area contributed by atoms with Gasteiger partial charge in [0.15, 0.2) is 0 Å². The lowest BCUT2D eigenvalue weighted by Crippen LogP contribution is -2.42. The first-order valence-corrected chi connectivity index (χ1v) is 9.81. The van der Waals surface area contributed by atoms with E-state index in [0.717, 1.165) is 17.7 Å². The smallest absolute Gasteiger partial charge is 0.332 e. The molecule has 3 rings (SSSR count). The molecular formula is C17H24F2N4O3S. The number of fused-ring (bicyclic) bond motifs is 1. The Morgan fingerprint density at radius 1 is 1.37 bits per heavy atom. The molecule has 1 fully saturated rings. The van der Waals surface area contributed by atoms with Crippen molar-refractivity contribution < 1.29 is 13.5 Å². The number of rotatable bonds is 8. The number of alkyl halides is 2. The molecular weight excluding hydrogens is 378 g/mol. The predicted molar refractivity (Wildman–Crippen MR) is 101 cm³/mol. The minimum absolute atomic E-state index is 0.148. The van der Waals surface area contributed by atoms with Crippen molar-refractivity contribution in [3.8, 4) is 0 Å². The quantitative estimate of drug-likeness (QED) is 0.644. The van der Waals surface area contributed by atoms with Gasteiger partial charge in [0.05, 0.1) is 24.6 Å². The molecule has 3 heterocycles. The second kappa shape index (κ2) is 8.59. The Balaban J connectivity index is 2.14. The average Bonchev–Trinajstić information content (AvgIpc) is 3.24. The van der Waals surface area contributed by atoms with Gasteiger partial charge in [-0.1, -0.05) is 0 Å². The fraction of sp³-hybridized carbons (Fsp3) is 0.647. The van der Waals surface area contributed by atoms with Crippen LogP contribution in [0.2, 0.25) is 0 Å². The molecule has 1 aliphatic rings. The maximum absolute atomic E-state index is 13.0. The van der Waals surface area contributed by atoms with Crippen molar-refractivity contribution in [2.24, 2.45) is 5.73 Å². The predicted octanol–water partition coefficient (Wildman–Crippen LogP) is 1.03. The van der Waals surface area contributed by atoms with Gasteiger partial charge in [-0.25, -0.2) is 13.6 Å². The third kappa shape index (κ3) is 4.13. The van der Waals surface area contributed by atoms with Gasteiger partial charge >= 0.3 is 5.69 Å². The molecule has 0 aliphatic carbocycles. The van der Waals surface area contributed by atoms with Crippen molar-refractivity contribution >= 4 is 21.6 Å². The molecule has 27 heavy (non-hydrogen) atoms. The summed E-state index contributed by atoms with van der Waals surface area (Å²) in [6, 6.07) is 0. The van der Waals surface area contributed by atoms with E-state index in [1.165, 1.54) is 15.9 Å². The molecule has 2 aromatic rings. The monoisotopic (exact) mass is 402 g/mol. The molecule has 0 bridgehead atoms. The van der Waals surface area contributed by atoms with Crippen molar-refractivity contribution in [2.45, 2.75) is 51.9 Å². The summed E-state index contributed by atoms with van der Waals surface area (Å²) in [5, 5.41) is 3.51. The van der Waals surface area contributed by atoms with Gasteiger partial charge < -0.3 is 15.8 Å². The zero-order chi connectivity index (χ0) is 19.6. The standard InChI is InChI=1S/C17H24F2N4O3S/c1-10-12(7-21-5-4-20)27-16-14(10)15(24)22(9-13(18)19)17(25)23(16)8-11-3-2-6-26-11/h11,13,21H,2-9,20H2,1H3. The molecule has 1 saturated heterocycles. The maximum Gasteiger partial charge on any atom is 0.332 e. The van der Waals surface area contributed by atoms with Crippen LogP contribution in [0, 0.1) is 6.92 Å². The van der Waals surface area contributed by atoms with E-state index < -0.39 is 24.2 Å². The van der Waals surface area contributed by atoms with E-state index in [-0.39, 0.29) is 12.6 Å². The highest BCUT2D eigenvalue weighted by molar-refractivity contribution is 7.18. The van der Waals surface area contributed by atoms with E-state index in [1.54, 1.807) is 6.92 Å². The fourth-order valence-electron chi connectivity index (χ4n) is 3.37. The van der Waals surface area contributed by atoms with Gasteiger partial charge in [0.2, 0.25) is 0 Å². The molecule has 2 aromatic heterocycles. The summed E-state index contributed by atoms with van der Waals surface area (Å²) in [4.78, 5) is 27.0. The third-order valence-corrected chi connectivity index (χ3v) is 6.05. The Kier molecular flexibility index (Phi) is 6.40. The van der Waals surface area contributed by atoms with Crippen molar-refractivity contribution in [2.75, 3.05) is 19.7 Å². The Labute approximate surface area is 158 Å². The number of aryl methyl sites for hydroxylation is 1. The number of hydrogen-bond donors (Lipinski definition) is 2. The SMILES string of the molecule is Cc1c(CNCCN)sc2c1c(=O)n(CC(F)F)c(=O)n2CC1CCCO1. The summed E-state index contributed by atoms with van der Waals surface area (Å²) in [7, 11) is 0. The van der Waals surface area contributed by atoms with Crippen LogP contribution in [0.15, 0.2) is 9.59 Å². The van der Waals surface area contributed by atoms with Gasteiger partial charge in [0, 0.05) is 31.1 Å². The van der Waals surface area contributed by atoms with E-state index in [0.29, 0.717) is 46.6 Å². The number of halogens is 2. The number of hydrogen-bond acceptors (Lipinski definition) is 6. The van der Waals surface area contributed by atoms with Gasteiger partial charge in [0.25, 0.3) is 12.0 Å². The van der Waals surface area contributed by atoms with Gasteiger partial charge in [-0.3, -0.25) is 13.9 Å². The van der Waals surface area contributed by atoms with E-state index in [2.05, 4.69) is 5.32 Å². The summed E-state index contributed by atoms with van der Waals surface area (Å²) < 4.78 is 33.6. The fourth-order valence-corrected chi connectivity index (χ4v) is 4.63. The van der Waals surface area contributed by atoms with Gasteiger partial charge in [-0.15, -0.1) is 11.3 Å². The second-order valence-corrected chi connectivity index (χ2v) is 7.71. The van der Waals surface area contributed by atoms with E-state index in [9.17, 15) is 18.4 Å². The van der Waals surface area contributed by atoms with E-state index in [1.807, 2.05) is 0 Å². The first kappa shape index (κ1) is 20.1. The Morgan fingerprint density at radius 2 is 2.15 bits per heavy atom. The van der Waals surface area contributed by atoms with Crippen LogP contribution in [0.4, 0.5) is 8.78 Å². The number of nitrogens with zero attached hydrogens (tertiary/aromatic N) is 2. The number of ether oxygens (including phenoxy) is 1. The largest absolute Gasteiger partial charge is 0.376 e. The lowest BCUT2D eigenvalue weighted by Gasteiger charge is -2.15. The molecule has 7 nitrogen and oxygen atoms in total. The first-order chi connectivity index (χ1) is 12.9. The summed E-state index contributed by atoms with van der Waals surface area (Å²) in [5.74, 6) is 0. The number of nitrogens with one attached hydrogen (secondary N) is 1. The van der Waals surface area contributed by atoms with Gasteiger partial charge in [-0.2, -0.15) is 0 Å². The topological polar surface area (TPSA) is 91.3 Å². The van der Waals surface area contributed by atoms with Crippen LogP contribution >= 0.6 is 11.3 Å². The van der Waals surface area contributed by atoms with Crippen LogP contribution in [0.25, 0.3) is 10.2 Å². The Bertz CT molecular complexity index is 916. The molecule has 1 aliphatic heterocycles. The zero-order valence-electron chi connectivity index (χ0n) is 15.2. The Morgan fingerprint density at radius 3 is 2.78 bits per heavy atom. The molecule has 150 valence electrons. The molecule has 1 unspecified atom stereocenters. The molecule has 3 N–H and O–H groups in total. The normalized spacial score (nSPS) is 17.4.